The molecule has 27 heavy (non-hydrogen) atoms. The molecule has 0 unspecified atom stereocenters. The Labute approximate surface area is 161 Å². The minimum Gasteiger partial charge on any atom is -0.492 e. The van der Waals surface area contributed by atoms with E-state index in [1.165, 1.54) is 6.26 Å². The molecule has 5 nitrogen and oxygen atoms in total. The lowest BCUT2D eigenvalue weighted by Crippen LogP contribution is -2.38. The van der Waals surface area contributed by atoms with Crippen LogP contribution in [0.4, 0.5) is 0 Å². The molecule has 0 amide bonds. The van der Waals surface area contributed by atoms with Gasteiger partial charge in [-0.2, -0.15) is 4.31 Å². The Kier molecular flexibility index (Phi) is 5.89. The molecule has 0 radical (unpaired) electrons. The van der Waals surface area contributed by atoms with E-state index in [1.807, 2.05) is 50.2 Å². The van der Waals surface area contributed by atoms with Crippen LogP contribution < -0.4 is 4.74 Å². The fraction of sp³-hybridized carbons (Fsp3) is 0.429. The molecule has 3 rings (SSSR count). The maximum atomic E-state index is 11.9. The number of rotatable bonds is 6. The van der Waals surface area contributed by atoms with Crippen molar-refractivity contribution in [2.24, 2.45) is 0 Å². The van der Waals surface area contributed by atoms with Crippen LogP contribution in [-0.2, 0) is 16.6 Å². The topological polar surface area (TPSA) is 66.8 Å². The standard InChI is InChI=1S/C21H27NO4S/c1-15-10-20(26-14-19-8-5-9-22(19)27(3,24)25)11-16(2)21(15)18-7-4-6-17(12-18)13-23/h4,6-7,10-12,19,23H,5,8-9,13-14H2,1-3H3/t19-/m1/s1. The third-order valence-corrected chi connectivity index (χ3v) is 6.43. The van der Waals surface area contributed by atoms with Crippen molar-refractivity contribution in [3.8, 4) is 16.9 Å². The lowest BCUT2D eigenvalue weighted by Gasteiger charge is -2.22. The molecule has 6 heteroatoms. The molecule has 2 aromatic carbocycles. The monoisotopic (exact) mass is 389 g/mol. The molecule has 146 valence electrons. The number of hydrogen-bond donors (Lipinski definition) is 1. The van der Waals surface area contributed by atoms with Crippen molar-refractivity contribution in [2.75, 3.05) is 19.4 Å². The van der Waals surface area contributed by atoms with Gasteiger partial charge in [0, 0.05) is 6.54 Å². The zero-order chi connectivity index (χ0) is 19.6. The Bertz CT molecular complexity index is 901. The van der Waals surface area contributed by atoms with Crippen LogP contribution in [0.15, 0.2) is 36.4 Å². The third-order valence-electron chi connectivity index (χ3n) is 5.10. The summed E-state index contributed by atoms with van der Waals surface area (Å²) in [7, 11) is -3.19. The number of aliphatic hydroxyl groups excluding tert-OH is 1. The number of sulfonamides is 1. The minimum atomic E-state index is -3.19. The summed E-state index contributed by atoms with van der Waals surface area (Å²) in [6.45, 7) is 5.04. The van der Waals surface area contributed by atoms with Gasteiger partial charge in [-0.05, 0) is 72.7 Å². The highest BCUT2D eigenvalue weighted by Crippen LogP contribution is 2.32. The maximum Gasteiger partial charge on any atom is 0.211 e. The molecular formula is C21H27NO4S. The predicted octanol–water partition coefficient (Wildman–Crippen LogP) is 3.27. The van der Waals surface area contributed by atoms with Gasteiger partial charge in [0.15, 0.2) is 0 Å². The van der Waals surface area contributed by atoms with Crippen LogP contribution in [0.1, 0.15) is 29.5 Å². The largest absolute Gasteiger partial charge is 0.492 e. The van der Waals surface area contributed by atoms with Crippen molar-refractivity contribution in [3.63, 3.8) is 0 Å². The van der Waals surface area contributed by atoms with E-state index in [0.29, 0.717) is 13.2 Å². The van der Waals surface area contributed by atoms with Gasteiger partial charge in [0.2, 0.25) is 10.0 Å². The zero-order valence-electron chi connectivity index (χ0n) is 16.1. The van der Waals surface area contributed by atoms with Gasteiger partial charge in [-0.25, -0.2) is 8.42 Å². The average molecular weight is 390 g/mol. The van der Waals surface area contributed by atoms with Crippen molar-refractivity contribution in [2.45, 2.75) is 39.3 Å². The van der Waals surface area contributed by atoms with Gasteiger partial charge in [0.25, 0.3) is 0 Å². The molecule has 1 N–H and O–H groups in total. The average Bonchev–Trinajstić information content (AvgIpc) is 3.09. The highest BCUT2D eigenvalue weighted by atomic mass is 32.2. The SMILES string of the molecule is Cc1cc(OC[C@H]2CCCN2S(C)(=O)=O)cc(C)c1-c1cccc(CO)c1. The van der Waals surface area contributed by atoms with Crippen molar-refractivity contribution in [1.82, 2.24) is 4.31 Å². The van der Waals surface area contributed by atoms with Gasteiger partial charge < -0.3 is 9.84 Å². The lowest BCUT2D eigenvalue weighted by atomic mass is 9.94. The number of nitrogens with zero attached hydrogens (tertiary/aromatic N) is 1. The molecule has 0 spiro atoms. The summed E-state index contributed by atoms with van der Waals surface area (Å²) >= 11 is 0. The number of hydrogen-bond acceptors (Lipinski definition) is 4. The summed E-state index contributed by atoms with van der Waals surface area (Å²) in [4.78, 5) is 0. The molecule has 0 bridgehead atoms. The fourth-order valence-corrected chi connectivity index (χ4v) is 5.06. The normalized spacial score (nSPS) is 18.0. The summed E-state index contributed by atoms with van der Waals surface area (Å²) in [5.41, 5.74) is 5.27. The van der Waals surface area contributed by atoms with Crippen molar-refractivity contribution < 1.29 is 18.3 Å². The van der Waals surface area contributed by atoms with Crippen molar-refractivity contribution in [3.05, 3.63) is 53.1 Å². The van der Waals surface area contributed by atoms with E-state index in [1.54, 1.807) is 4.31 Å². The van der Waals surface area contributed by atoms with Gasteiger partial charge in [0.05, 0.1) is 18.9 Å². The van der Waals surface area contributed by atoms with E-state index in [0.717, 1.165) is 46.4 Å². The summed E-state index contributed by atoms with van der Waals surface area (Å²) in [6.07, 6.45) is 2.96. The fourth-order valence-electron chi connectivity index (χ4n) is 3.89. The smallest absolute Gasteiger partial charge is 0.211 e. The quantitative estimate of drug-likeness (QED) is 0.823. The Hall–Kier alpha value is -1.89. The van der Waals surface area contributed by atoms with Crippen LogP contribution in [0.3, 0.4) is 0 Å². The molecule has 1 aliphatic heterocycles. The van der Waals surface area contributed by atoms with Gasteiger partial charge in [-0.3, -0.25) is 0 Å². The first-order chi connectivity index (χ1) is 12.8. The molecule has 2 aromatic rings. The van der Waals surface area contributed by atoms with Crippen LogP contribution in [0, 0.1) is 13.8 Å². The van der Waals surface area contributed by atoms with E-state index >= 15 is 0 Å². The lowest BCUT2D eigenvalue weighted by molar-refractivity contribution is 0.233. The van der Waals surface area contributed by atoms with Crippen molar-refractivity contribution in [1.29, 1.82) is 0 Å². The van der Waals surface area contributed by atoms with E-state index in [-0.39, 0.29) is 12.6 Å². The second-order valence-corrected chi connectivity index (χ2v) is 9.21. The summed E-state index contributed by atoms with van der Waals surface area (Å²) in [5, 5.41) is 9.38. The Morgan fingerprint density at radius 3 is 2.52 bits per heavy atom. The Morgan fingerprint density at radius 1 is 1.19 bits per heavy atom. The summed E-state index contributed by atoms with van der Waals surface area (Å²) in [6, 6.07) is 11.8. The van der Waals surface area contributed by atoms with E-state index in [2.05, 4.69) is 0 Å². The van der Waals surface area contributed by atoms with Crippen LogP contribution in [0.25, 0.3) is 11.1 Å². The number of aliphatic hydroxyl groups is 1. The molecule has 1 aliphatic rings. The predicted molar refractivity (Wildman–Crippen MR) is 107 cm³/mol. The van der Waals surface area contributed by atoms with E-state index in [4.69, 9.17) is 4.74 Å². The number of ether oxygens (including phenoxy) is 1. The van der Waals surface area contributed by atoms with Gasteiger partial charge in [-0.15, -0.1) is 0 Å². The van der Waals surface area contributed by atoms with Gasteiger partial charge in [-0.1, -0.05) is 18.2 Å². The first kappa shape index (κ1) is 19.9. The first-order valence-corrected chi connectivity index (χ1v) is 11.1. The third kappa shape index (κ3) is 4.51. The molecule has 1 saturated heterocycles. The summed E-state index contributed by atoms with van der Waals surface area (Å²) < 4.78 is 31.2. The maximum absolute atomic E-state index is 11.9. The van der Waals surface area contributed by atoms with E-state index < -0.39 is 10.0 Å². The second kappa shape index (κ2) is 8.00. The number of benzene rings is 2. The van der Waals surface area contributed by atoms with Crippen LogP contribution in [0.2, 0.25) is 0 Å². The second-order valence-electron chi connectivity index (χ2n) is 7.27. The molecule has 1 atom stereocenters. The number of aryl methyl sites for hydroxylation is 2. The molecule has 1 fully saturated rings. The van der Waals surface area contributed by atoms with Gasteiger partial charge in [0.1, 0.15) is 12.4 Å². The zero-order valence-corrected chi connectivity index (χ0v) is 16.9. The van der Waals surface area contributed by atoms with Crippen molar-refractivity contribution >= 4 is 10.0 Å². The first-order valence-electron chi connectivity index (χ1n) is 9.20. The van der Waals surface area contributed by atoms with Crippen LogP contribution in [-0.4, -0.2) is 43.3 Å². The molecule has 1 heterocycles. The highest BCUT2D eigenvalue weighted by molar-refractivity contribution is 7.88. The van der Waals surface area contributed by atoms with E-state index in [9.17, 15) is 13.5 Å². The van der Waals surface area contributed by atoms with Crippen LogP contribution in [0.5, 0.6) is 5.75 Å². The molecule has 0 aromatic heterocycles. The molecule has 0 aliphatic carbocycles. The molecule has 0 saturated carbocycles. The molecular weight excluding hydrogens is 362 g/mol. The Morgan fingerprint density at radius 2 is 1.89 bits per heavy atom. The van der Waals surface area contributed by atoms with Gasteiger partial charge >= 0.3 is 0 Å². The summed E-state index contributed by atoms with van der Waals surface area (Å²) in [5.74, 6) is 0.757. The Balaban J connectivity index is 1.79. The highest BCUT2D eigenvalue weighted by Gasteiger charge is 2.31. The van der Waals surface area contributed by atoms with Crippen LogP contribution >= 0.6 is 0 Å². The minimum absolute atomic E-state index is 0.0192.